The van der Waals surface area contributed by atoms with E-state index in [-0.39, 0.29) is 5.60 Å². The quantitative estimate of drug-likeness (QED) is 0.757. The van der Waals surface area contributed by atoms with Crippen LogP contribution >= 0.6 is 0 Å². The van der Waals surface area contributed by atoms with E-state index in [1.54, 1.807) is 0 Å². The van der Waals surface area contributed by atoms with Crippen molar-refractivity contribution in [3.63, 3.8) is 0 Å². The Hall–Kier alpha value is -0.120. The van der Waals surface area contributed by atoms with Gasteiger partial charge >= 0.3 is 0 Å². The standard InChI is InChI=1S/C15H32N2O/c1-6-13(3)14(16-7-2)11-17-10-8-9-15(4,12-17)18-5/h13-14,16H,6-12H2,1-5H3. The molecule has 1 saturated heterocycles. The Kier molecular flexibility index (Phi) is 6.61. The molecule has 0 aromatic rings. The van der Waals surface area contributed by atoms with Crippen LogP contribution in [0.15, 0.2) is 0 Å². The lowest BCUT2D eigenvalue weighted by Gasteiger charge is -2.41. The van der Waals surface area contributed by atoms with Gasteiger partial charge in [-0.2, -0.15) is 0 Å². The van der Waals surface area contributed by atoms with Gasteiger partial charge in [-0.25, -0.2) is 0 Å². The van der Waals surface area contributed by atoms with Crippen molar-refractivity contribution in [2.24, 2.45) is 5.92 Å². The van der Waals surface area contributed by atoms with Crippen LogP contribution in [-0.4, -0.2) is 49.8 Å². The molecule has 1 aliphatic heterocycles. The fourth-order valence-corrected chi connectivity index (χ4v) is 2.90. The van der Waals surface area contributed by atoms with E-state index in [1.165, 1.54) is 25.8 Å². The van der Waals surface area contributed by atoms with Gasteiger partial charge in [-0.1, -0.05) is 27.2 Å². The largest absolute Gasteiger partial charge is 0.377 e. The minimum Gasteiger partial charge on any atom is -0.377 e. The number of rotatable bonds is 7. The van der Waals surface area contributed by atoms with Gasteiger partial charge < -0.3 is 10.1 Å². The molecule has 0 bridgehead atoms. The number of likely N-dealkylation sites (tertiary alicyclic amines) is 1. The maximum Gasteiger partial charge on any atom is 0.0777 e. The van der Waals surface area contributed by atoms with E-state index in [2.05, 4.69) is 37.9 Å². The van der Waals surface area contributed by atoms with Crippen LogP contribution < -0.4 is 5.32 Å². The Morgan fingerprint density at radius 2 is 2.11 bits per heavy atom. The van der Waals surface area contributed by atoms with Gasteiger partial charge in [0, 0.05) is 26.2 Å². The van der Waals surface area contributed by atoms with E-state index >= 15 is 0 Å². The third-order valence-corrected chi connectivity index (χ3v) is 4.48. The number of methoxy groups -OCH3 is 1. The molecule has 1 fully saturated rings. The van der Waals surface area contributed by atoms with Crippen molar-refractivity contribution in [2.45, 2.75) is 58.6 Å². The number of nitrogens with one attached hydrogen (secondary N) is 1. The van der Waals surface area contributed by atoms with Crippen LogP contribution in [0.2, 0.25) is 0 Å². The summed E-state index contributed by atoms with van der Waals surface area (Å²) in [7, 11) is 1.85. The van der Waals surface area contributed by atoms with E-state index in [0.717, 1.165) is 25.6 Å². The van der Waals surface area contributed by atoms with E-state index in [9.17, 15) is 0 Å². The predicted octanol–water partition coefficient (Wildman–Crippen LogP) is 2.51. The summed E-state index contributed by atoms with van der Waals surface area (Å²) in [6.07, 6.45) is 3.69. The summed E-state index contributed by atoms with van der Waals surface area (Å²) < 4.78 is 5.68. The first-order valence-electron chi connectivity index (χ1n) is 7.55. The van der Waals surface area contributed by atoms with E-state index in [0.29, 0.717) is 6.04 Å². The lowest BCUT2D eigenvalue weighted by Crippen LogP contribution is -2.52. The highest BCUT2D eigenvalue weighted by molar-refractivity contribution is 4.87. The lowest BCUT2D eigenvalue weighted by atomic mass is 9.92. The summed E-state index contributed by atoms with van der Waals surface area (Å²) in [5, 5.41) is 3.64. The molecule has 0 spiro atoms. The molecule has 0 aliphatic carbocycles. The summed E-state index contributed by atoms with van der Waals surface area (Å²) in [6.45, 7) is 13.6. The van der Waals surface area contributed by atoms with Gasteiger partial charge in [0.1, 0.15) is 0 Å². The number of hydrogen-bond donors (Lipinski definition) is 1. The average Bonchev–Trinajstić information content (AvgIpc) is 2.37. The van der Waals surface area contributed by atoms with Gasteiger partial charge in [0.2, 0.25) is 0 Å². The summed E-state index contributed by atoms with van der Waals surface area (Å²) in [6, 6.07) is 0.610. The first kappa shape index (κ1) is 15.9. The topological polar surface area (TPSA) is 24.5 Å². The minimum absolute atomic E-state index is 0.0600. The van der Waals surface area contributed by atoms with Crippen molar-refractivity contribution in [2.75, 3.05) is 33.3 Å². The monoisotopic (exact) mass is 256 g/mol. The zero-order valence-electron chi connectivity index (χ0n) is 13.0. The Labute approximate surface area is 113 Å². The van der Waals surface area contributed by atoms with Crippen molar-refractivity contribution >= 4 is 0 Å². The van der Waals surface area contributed by atoms with Crippen LogP contribution in [0.3, 0.4) is 0 Å². The molecule has 18 heavy (non-hydrogen) atoms. The summed E-state index contributed by atoms with van der Waals surface area (Å²) >= 11 is 0. The summed E-state index contributed by atoms with van der Waals surface area (Å²) in [5.41, 5.74) is 0.0600. The molecule has 0 amide bonds. The van der Waals surface area contributed by atoms with Gasteiger partial charge in [-0.15, -0.1) is 0 Å². The maximum absolute atomic E-state index is 5.68. The van der Waals surface area contributed by atoms with E-state index < -0.39 is 0 Å². The van der Waals surface area contributed by atoms with Crippen molar-refractivity contribution in [1.82, 2.24) is 10.2 Å². The SMILES string of the molecule is CCNC(CN1CCCC(C)(OC)C1)C(C)CC. The zero-order valence-corrected chi connectivity index (χ0v) is 13.0. The van der Waals surface area contributed by atoms with E-state index in [4.69, 9.17) is 4.74 Å². The minimum atomic E-state index is 0.0600. The van der Waals surface area contributed by atoms with Crippen molar-refractivity contribution in [3.8, 4) is 0 Å². The number of ether oxygens (including phenoxy) is 1. The number of nitrogens with zero attached hydrogens (tertiary/aromatic N) is 1. The molecule has 1 heterocycles. The molecular weight excluding hydrogens is 224 g/mol. The molecule has 1 aliphatic rings. The van der Waals surface area contributed by atoms with Gasteiger partial charge in [-0.05, 0) is 38.8 Å². The molecule has 3 heteroatoms. The zero-order chi connectivity index (χ0) is 13.6. The molecule has 0 saturated carbocycles. The second-order valence-corrected chi connectivity index (χ2v) is 6.04. The highest BCUT2D eigenvalue weighted by Crippen LogP contribution is 2.24. The number of hydrogen-bond acceptors (Lipinski definition) is 3. The Morgan fingerprint density at radius 1 is 1.39 bits per heavy atom. The lowest BCUT2D eigenvalue weighted by molar-refractivity contribution is -0.0533. The first-order valence-corrected chi connectivity index (χ1v) is 7.55. The summed E-state index contributed by atoms with van der Waals surface area (Å²) in [4.78, 5) is 2.58. The van der Waals surface area contributed by atoms with Crippen molar-refractivity contribution < 1.29 is 4.74 Å². The second-order valence-electron chi connectivity index (χ2n) is 6.04. The molecule has 3 unspecified atom stereocenters. The Morgan fingerprint density at radius 3 is 2.67 bits per heavy atom. The fourth-order valence-electron chi connectivity index (χ4n) is 2.90. The smallest absolute Gasteiger partial charge is 0.0777 e. The first-order chi connectivity index (χ1) is 8.54. The third-order valence-electron chi connectivity index (χ3n) is 4.48. The van der Waals surface area contributed by atoms with Crippen LogP contribution in [0.4, 0.5) is 0 Å². The molecular formula is C15H32N2O. The normalized spacial score (nSPS) is 29.2. The van der Waals surface area contributed by atoms with Gasteiger partial charge in [0.05, 0.1) is 5.60 Å². The molecule has 3 nitrogen and oxygen atoms in total. The van der Waals surface area contributed by atoms with Crippen LogP contribution in [0, 0.1) is 5.92 Å². The Balaban J connectivity index is 2.52. The third kappa shape index (κ3) is 4.52. The Bertz CT molecular complexity index is 235. The molecule has 1 N–H and O–H groups in total. The van der Waals surface area contributed by atoms with Gasteiger partial charge in [-0.3, -0.25) is 4.90 Å². The molecule has 0 radical (unpaired) electrons. The number of piperidine rings is 1. The molecule has 3 atom stereocenters. The average molecular weight is 256 g/mol. The second kappa shape index (κ2) is 7.46. The van der Waals surface area contributed by atoms with Crippen LogP contribution in [0.25, 0.3) is 0 Å². The maximum atomic E-state index is 5.68. The molecule has 0 aromatic heterocycles. The predicted molar refractivity (Wildman–Crippen MR) is 78.0 cm³/mol. The molecule has 0 aromatic carbocycles. The van der Waals surface area contributed by atoms with Crippen LogP contribution in [0.1, 0.15) is 47.0 Å². The van der Waals surface area contributed by atoms with Crippen molar-refractivity contribution in [1.29, 1.82) is 0 Å². The van der Waals surface area contributed by atoms with E-state index in [1.807, 2.05) is 7.11 Å². The van der Waals surface area contributed by atoms with Gasteiger partial charge in [0.15, 0.2) is 0 Å². The summed E-state index contributed by atoms with van der Waals surface area (Å²) in [5.74, 6) is 0.737. The highest BCUT2D eigenvalue weighted by Gasteiger charge is 2.32. The fraction of sp³-hybridized carbons (Fsp3) is 1.00. The van der Waals surface area contributed by atoms with Crippen molar-refractivity contribution in [3.05, 3.63) is 0 Å². The highest BCUT2D eigenvalue weighted by atomic mass is 16.5. The van der Waals surface area contributed by atoms with Crippen LogP contribution in [0.5, 0.6) is 0 Å². The molecule has 108 valence electrons. The molecule has 1 rings (SSSR count). The van der Waals surface area contributed by atoms with Crippen LogP contribution in [-0.2, 0) is 4.74 Å². The number of likely N-dealkylation sites (N-methyl/N-ethyl adjacent to an activating group) is 1. The van der Waals surface area contributed by atoms with Gasteiger partial charge in [0.25, 0.3) is 0 Å².